The van der Waals surface area contributed by atoms with Gasteiger partial charge in [0.25, 0.3) is 0 Å². The van der Waals surface area contributed by atoms with E-state index in [1.54, 1.807) is 25.2 Å². The lowest BCUT2D eigenvalue weighted by molar-refractivity contribution is -0.132. The largest absolute Gasteiger partial charge is 0.478 e. The van der Waals surface area contributed by atoms with E-state index in [1.807, 2.05) is 6.92 Å². The van der Waals surface area contributed by atoms with Crippen LogP contribution in [0.5, 0.6) is 0 Å². The first-order chi connectivity index (χ1) is 7.02. The van der Waals surface area contributed by atoms with Gasteiger partial charge in [0.05, 0.1) is 0 Å². The van der Waals surface area contributed by atoms with E-state index in [0.717, 1.165) is 13.1 Å². The average molecular weight is 209 g/mol. The topological polar surface area (TPSA) is 40.5 Å². The Bertz CT molecular complexity index is 259. The van der Waals surface area contributed by atoms with Gasteiger partial charge < -0.3 is 5.11 Å². The maximum Gasteiger partial charge on any atom is 0.331 e. The Morgan fingerprint density at radius 1 is 1.40 bits per heavy atom. The Labute approximate surface area is 91.4 Å². The van der Waals surface area contributed by atoms with Gasteiger partial charge in [-0.25, -0.2) is 4.79 Å². The molecule has 0 amide bonds. The molecule has 0 heterocycles. The minimum Gasteiger partial charge on any atom is -0.478 e. The summed E-state index contributed by atoms with van der Waals surface area (Å²) in [5.41, 5.74) is 0.362. The maximum atomic E-state index is 10.6. The van der Waals surface area contributed by atoms with Gasteiger partial charge in [-0.1, -0.05) is 18.2 Å². The first-order valence-electron chi connectivity index (χ1n) is 4.90. The van der Waals surface area contributed by atoms with Gasteiger partial charge in [-0.2, -0.15) is 0 Å². The van der Waals surface area contributed by atoms with Crippen LogP contribution in [0.4, 0.5) is 0 Å². The fourth-order valence-corrected chi connectivity index (χ4v) is 1.28. The highest BCUT2D eigenvalue weighted by molar-refractivity contribution is 5.85. The van der Waals surface area contributed by atoms with Crippen LogP contribution in [0.3, 0.4) is 0 Å². The molecule has 1 unspecified atom stereocenters. The van der Waals surface area contributed by atoms with Crippen LogP contribution in [0.2, 0.25) is 0 Å². The quantitative estimate of drug-likeness (QED) is 0.515. The molecule has 0 saturated heterocycles. The van der Waals surface area contributed by atoms with Crippen molar-refractivity contribution in [3.63, 3.8) is 0 Å². The molecule has 0 radical (unpaired) electrons. The third-order valence-corrected chi connectivity index (χ3v) is 2.13. The minimum absolute atomic E-state index is 0.0668. The van der Waals surface area contributed by atoms with Crippen molar-refractivity contribution in [1.82, 2.24) is 4.90 Å². The molecule has 0 aromatic heterocycles. The van der Waals surface area contributed by atoms with Crippen molar-refractivity contribution in [2.45, 2.75) is 19.9 Å². The molecule has 0 aliphatic rings. The molecule has 1 N–H and O–H groups in total. The van der Waals surface area contributed by atoms with Gasteiger partial charge in [-0.05, 0) is 13.8 Å². The van der Waals surface area contributed by atoms with E-state index < -0.39 is 5.97 Å². The summed E-state index contributed by atoms with van der Waals surface area (Å²) in [6, 6.07) is 0.0668. The molecule has 0 spiro atoms. The number of carboxylic acid groups (broad SMARTS) is 1. The van der Waals surface area contributed by atoms with Crippen LogP contribution in [0, 0.1) is 0 Å². The van der Waals surface area contributed by atoms with Gasteiger partial charge in [0, 0.05) is 24.7 Å². The van der Waals surface area contributed by atoms with Crippen LogP contribution >= 0.6 is 0 Å². The second-order valence-electron chi connectivity index (χ2n) is 3.43. The predicted octanol–water partition coefficient (Wildman–Crippen LogP) is 2.08. The van der Waals surface area contributed by atoms with Gasteiger partial charge in [-0.3, -0.25) is 4.90 Å². The molecule has 0 saturated carbocycles. The molecule has 0 aromatic rings. The van der Waals surface area contributed by atoms with Gasteiger partial charge in [0.15, 0.2) is 0 Å². The Balaban J connectivity index is 4.54. The second-order valence-corrected chi connectivity index (χ2v) is 3.43. The second kappa shape index (κ2) is 7.01. The van der Waals surface area contributed by atoms with E-state index in [-0.39, 0.29) is 6.04 Å². The van der Waals surface area contributed by atoms with Gasteiger partial charge in [0.2, 0.25) is 0 Å². The van der Waals surface area contributed by atoms with E-state index in [2.05, 4.69) is 18.1 Å². The van der Waals surface area contributed by atoms with E-state index in [1.165, 1.54) is 0 Å². The molecule has 15 heavy (non-hydrogen) atoms. The number of nitrogens with zero attached hydrogens (tertiary/aromatic N) is 1. The zero-order valence-electron chi connectivity index (χ0n) is 9.44. The highest BCUT2D eigenvalue weighted by atomic mass is 16.4. The maximum absolute atomic E-state index is 10.6. The number of carboxylic acids is 1. The van der Waals surface area contributed by atoms with Crippen molar-refractivity contribution >= 4 is 5.97 Å². The molecule has 3 heteroatoms. The summed E-state index contributed by atoms with van der Waals surface area (Å²) < 4.78 is 0. The third kappa shape index (κ3) is 5.18. The standard InChI is InChI=1S/C12H19NO2/c1-5-7-13(8-6-2)11(4)9-10(3)12(14)15/h5-6,9,11H,1-2,7-8H2,3-4H3,(H,14,15). The van der Waals surface area contributed by atoms with Crippen molar-refractivity contribution in [3.05, 3.63) is 37.0 Å². The highest BCUT2D eigenvalue weighted by Gasteiger charge is 2.10. The molecule has 0 aliphatic heterocycles. The van der Waals surface area contributed by atoms with Gasteiger partial charge in [0.1, 0.15) is 0 Å². The first kappa shape index (κ1) is 13.7. The van der Waals surface area contributed by atoms with E-state index >= 15 is 0 Å². The van der Waals surface area contributed by atoms with Gasteiger partial charge in [-0.15, -0.1) is 13.2 Å². The molecule has 1 atom stereocenters. The molecule has 84 valence electrons. The summed E-state index contributed by atoms with van der Waals surface area (Å²) in [6.45, 7) is 12.3. The summed E-state index contributed by atoms with van der Waals surface area (Å²) in [6.07, 6.45) is 5.32. The fourth-order valence-electron chi connectivity index (χ4n) is 1.28. The minimum atomic E-state index is -0.876. The Morgan fingerprint density at radius 2 is 1.87 bits per heavy atom. The summed E-state index contributed by atoms with van der Waals surface area (Å²) in [5, 5.41) is 8.75. The summed E-state index contributed by atoms with van der Waals surface area (Å²) in [5.74, 6) is -0.876. The summed E-state index contributed by atoms with van der Waals surface area (Å²) in [4.78, 5) is 12.7. The molecular weight excluding hydrogens is 190 g/mol. The molecule has 0 rings (SSSR count). The molecular formula is C12H19NO2. The normalized spacial score (nSPS) is 13.7. The summed E-state index contributed by atoms with van der Waals surface area (Å²) >= 11 is 0. The van der Waals surface area contributed by atoms with Crippen molar-refractivity contribution in [2.75, 3.05) is 13.1 Å². The summed E-state index contributed by atoms with van der Waals surface area (Å²) in [7, 11) is 0. The monoisotopic (exact) mass is 209 g/mol. The zero-order chi connectivity index (χ0) is 11.8. The third-order valence-electron chi connectivity index (χ3n) is 2.13. The van der Waals surface area contributed by atoms with Crippen molar-refractivity contribution in [2.24, 2.45) is 0 Å². The molecule has 0 fully saturated rings. The lowest BCUT2D eigenvalue weighted by atomic mass is 10.2. The number of rotatable bonds is 7. The van der Waals surface area contributed by atoms with Crippen LogP contribution in [-0.4, -0.2) is 35.1 Å². The lowest BCUT2D eigenvalue weighted by Gasteiger charge is -2.24. The van der Waals surface area contributed by atoms with Crippen molar-refractivity contribution in [3.8, 4) is 0 Å². The van der Waals surface area contributed by atoms with E-state index in [4.69, 9.17) is 5.11 Å². The first-order valence-corrected chi connectivity index (χ1v) is 4.90. The van der Waals surface area contributed by atoms with Crippen LogP contribution < -0.4 is 0 Å². The predicted molar refractivity (Wildman–Crippen MR) is 62.8 cm³/mol. The van der Waals surface area contributed by atoms with Crippen LogP contribution in [0.25, 0.3) is 0 Å². The molecule has 0 aromatic carbocycles. The van der Waals surface area contributed by atoms with Crippen molar-refractivity contribution in [1.29, 1.82) is 0 Å². The smallest absolute Gasteiger partial charge is 0.331 e. The fraction of sp³-hybridized carbons (Fsp3) is 0.417. The van der Waals surface area contributed by atoms with Crippen LogP contribution in [0.15, 0.2) is 37.0 Å². The Kier molecular flexibility index (Phi) is 6.38. The van der Waals surface area contributed by atoms with Gasteiger partial charge >= 0.3 is 5.97 Å². The number of hydrogen-bond acceptors (Lipinski definition) is 2. The lowest BCUT2D eigenvalue weighted by Crippen LogP contribution is -2.32. The van der Waals surface area contributed by atoms with Crippen LogP contribution in [-0.2, 0) is 4.79 Å². The van der Waals surface area contributed by atoms with Crippen LogP contribution in [0.1, 0.15) is 13.8 Å². The number of aliphatic carboxylic acids is 1. The van der Waals surface area contributed by atoms with Crippen molar-refractivity contribution < 1.29 is 9.90 Å². The number of hydrogen-bond donors (Lipinski definition) is 1. The molecule has 3 nitrogen and oxygen atoms in total. The average Bonchev–Trinajstić information content (AvgIpc) is 2.17. The Morgan fingerprint density at radius 3 is 2.20 bits per heavy atom. The molecule has 0 bridgehead atoms. The molecule has 0 aliphatic carbocycles. The van der Waals surface area contributed by atoms with E-state index in [9.17, 15) is 4.79 Å². The SMILES string of the molecule is C=CCN(CC=C)C(C)C=C(C)C(=O)O. The zero-order valence-corrected chi connectivity index (χ0v) is 9.44. The highest BCUT2D eigenvalue weighted by Crippen LogP contribution is 2.05. The number of carbonyl (C=O) groups is 1. The van der Waals surface area contributed by atoms with E-state index in [0.29, 0.717) is 5.57 Å². The Hall–Kier alpha value is -1.35.